The number of fused-ring (bicyclic) bond motifs is 1. The zero-order valence-corrected chi connectivity index (χ0v) is 12.5. The maximum absolute atomic E-state index is 12.4. The molecule has 0 atom stereocenters. The standard InChI is InChI=1S/C18H16N2O2/c1-20-16-9-5-4-8-14(16)19-15(18(20)21)12-11-13-7-3-6-10-17(13)22-2/h3-12H,1-2H3. The smallest absolute Gasteiger partial charge is 0.276 e. The Balaban J connectivity index is 2.09. The lowest BCUT2D eigenvalue weighted by Gasteiger charge is -2.06. The Morgan fingerprint density at radius 3 is 2.59 bits per heavy atom. The third-order valence-electron chi connectivity index (χ3n) is 3.57. The van der Waals surface area contributed by atoms with Gasteiger partial charge in [0.05, 0.1) is 18.1 Å². The second kappa shape index (κ2) is 5.85. The van der Waals surface area contributed by atoms with E-state index < -0.39 is 0 Å². The van der Waals surface area contributed by atoms with E-state index in [9.17, 15) is 4.79 Å². The summed E-state index contributed by atoms with van der Waals surface area (Å²) in [6.45, 7) is 0. The fourth-order valence-corrected chi connectivity index (χ4v) is 2.38. The van der Waals surface area contributed by atoms with E-state index in [0.717, 1.165) is 22.3 Å². The number of hydrogen-bond donors (Lipinski definition) is 0. The number of aryl methyl sites for hydroxylation is 1. The van der Waals surface area contributed by atoms with Gasteiger partial charge in [0, 0.05) is 12.6 Å². The number of nitrogens with zero attached hydrogens (tertiary/aromatic N) is 2. The molecule has 2 aromatic carbocycles. The minimum atomic E-state index is -0.121. The van der Waals surface area contributed by atoms with Crippen molar-refractivity contribution in [3.05, 3.63) is 70.1 Å². The third-order valence-corrected chi connectivity index (χ3v) is 3.57. The predicted molar refractivity (Wildman–Crippen MR) is 88.9 cm³/mol. The Labute approximate surface area is 128 Å². The minimum Gasteiger partial charge on any atom is -0.496 e. The summed E-state index contributed by atoms with van der Waals surface area (Å²) in [5.41, 5.74) is 2.81. The first-order valence-electron chi connectivity index (χ1n) is 6.97. The average Bonchev–Trinajstić information content (AvgIpc) is 2.57. The van der Waals surface area contributed by atoms with Crippen molar-refractivity contribution in [2.24, 2.45) is 7.05 Å². The molecule has 110 valence electrons. The number of aromatic nitrogens is 2. The van der Waals surface area contributed by atoms with E-state index >= 15 is 0 Å². The summed E-state index contributed by atoms with van der Waals surface area (Å²) in [7, 11) is 3.38. The van der Waals surface area contributed by atoms with Gasteiger partial charge < -0.3 is 9.30 Å². The second-order valence-electron chi connectivity index (χ2n) is 4.93. The van der Waals surface area contributed by atoms with E-state index in [2.05, 4.69) is 4.98 Å². The SMILES string of the molecule is COc1ccccc1C=Cc1nc2ccccc2n(C)c1=O. The van der Waals surface area contributed by atoms with Gasteiger partial charge in [-0.15, -0.1) is 0 Å². The molecule has 0 bridgehead atoms. The molecule has 0 fully saturated rings. The number of benzene rings is 2. The minimum absolute atomic E-state index is 0.121. The van der Waals surface area contributed by atoms with Crippen molar-refractivity contribution in [2.75, 3.05) is 7.11 Å². The van der Waals surface area contributed by atoms with Crippen molar-refractivity contribution >= 4 is 23.2 Å². The van der Waals surface area contributed by atoms with Gasteiger partial charge in [-0.3, -0.25) is 4.79 Å². The van der Waals surface area contributed by atoms with E-state index in [0.29, 0.717) is 5.69 Å². The first kappa shape index (κ1) is 14.1. The van der Waals surface area contributed by atoms with E-state index in [1.54, 1.807) is 24.8 Å². The molecule has 3 aromatic rings. The van der Waals surface area contributed by atoms with Gasteiger partial charge in [0.1, 0.15) is 11.4 Å². The molecule has 1 heterocycles. The molecule has 0 radical (unpaired) electrons. The van der Waals surface area contributed by atoms with E-state index in [1.165, 1.54) is 0 Å². The van der Waals surface area contributed by atoms with Gasteiger partial charge in [0.15, 0.2) is 0 Å². The molecular formula is C18H16N2O2. The highest BCUT2D eigenvalue weighted by atomic mass is 16.5. The summed E-state index contributed by atoms with van der Waals surface area (Å²) in [5.74, 6) is 0.761. The molecule has 0 aliphatic heterocycles. The largest absolute Gasteiger partial charge is 0.496 e. The quantitative estimate of drug-likeness (QED) is 0.745. The van der Waals surface area contributed by atoms with Crippen molar-refractivity contribution in [2.45, 2.75) is 0 Å². The lowest BCUT2D eigenvalue weighted by atomic mass is 10.1. The highest BCUT2D eigenvalue weighted by Gasteiger charge is 2.06. The molecule has 22 heavy (non-hydrogen) atoms. The van der Waals surface area contributed by atoms with E-state index in [4.69, 9.17) is 4.74 Å². The summed E-state index contributed by atoms with van der Waals surface area (Å²) in [6.07, 6.45) is 3.57. The van der Waals surface area contributed by atoms with Gasteiger partial charge in [0.2, 0.25) is 0 Å². The number of ether oxygens (including phenoxy) is 1. The Hall–Kier alpha value is -2.88. The lowest BCUT2D eigenvalue weighted by Crippen LogP contribution is -2.21. The Morgan fingerprint density at radius 1 is 1.05 bits per heavy atom. The summed E-state index contributed by atoms with van der Waals surface area (Å²) in [6, 6.07) is 15.2. The van der Waals surface area contributed by atoms with Crippen molar-refractivity contribution in [1.82, 2.24) is 9.55 Å². The van der Waals surface area contributed by atoms with Crippen LogP contribution < -0.4 is 10.3 Å². The molecule has 0 saturated heterocycles. The first-order chi connectivity index (χ1) is 10.7. The first-order valence-corrected chi connectivity index (χ1v) is 6.97. The van der Waals surface area contributed by atoms with Crippen LogP contribution >= 0.6 is 0 Å². The van der Waals surface area contributed by atoms with Crippen LogP contribution in [0.1, 0.15) is 11.3 Å². The maximum Gasteiger partial charge on any atom is 0.276 e. The fraction of sp³-hybridized carbons (Fsp3) is 0.111. The Morgan fingerprint density at radius 2 is 1.77 bits per heavy atom. The molecule has 4 nitrogen and oxygen atoms in total. The number of rotatable bonds is 3. The van der Waals surface area contributed by atoms with Gasteiger partial charge in [-0.2, -0.15) is 0 Å². The topological polar surface area (TPSA) is 44.1 Å². The van der Waals surface area contributed by atoms with Crippen LogP contribution in [0.2, 0.25) is 0 Å². The van der Waals surface area contributed by atoms with Gasteiger partial charge in [-0.1, -0.05) is 30.3 Å². The molecular weight excluding hydrogens is 276 g/mol. The molecule has 0 amide bonds. The van der Waals surface area contributed by atoms with Crippen LogP contribution in [0.25, 0.3) is 23.2 Å². The molecule has 4 heteroatoms. The van der Waals surface area contributed by atoms with Crippen LogP contribution in [0.15, 0.2) is 53.3 Å². The van der Waals surface area contributed by atoms with Crippen LogP contribution in [0, 0.1) is 0 Å². The highest BCUT2D eigenvalue weighted by molar-refractivity contribution is 5.78. The summed E-state index contributed by atoms with van der Waals surface area (Å²) < 4.78 is 6.92. The highest BCUT2D eigenvalue weighted by Crippen LogP contribution is 2.19. The number of hydrogen-bond acceptors (Lipinski definition) is 3. The number of methoxy groups -OCH3 is 1. The molecule has 0 spiro atoms. The van der Waals surface area contributed by atoms with Crippen LogP contribution in [0.5, 0.6) is 5.75 Å². The third kappa shape index (κ3) is 2.51. The lowest BCUT2D eigenvalue weighted by molar-refractivity contribution is 0.414. The predicted octanol–water partition coefficient (Wildman–Crippen LogP) is 3.11. The average molecular weight is 292 g/mol. The summed E-state index contributed by atoms with van der Waals surface area (Å²) in [4.78, 5) is 16.8. The van der Waals surface area contributed by atoms with Gasteiger partial charge in [-0.25, -0.2) is 4.98 Å². The second-order valence-corrected chi connectivity index (χ2v) is 4.93. The zero-order valence-electron chi connectivity index (χ0n) is 12.5. The number of para-hydroxylation sites is 3. The molecule has 0 saturated carbocycles. The molecule has 1 aromatic heterocycles. The summed E-state index contributed by atoms with van der Waals surface area (Å²) in [5, 5.41) is 0. The van der Waals surface area contributed by atoms with Gasteiger partial charge in [0.25, 0.3) is 5.56 Å². The molecule has 0 N–H and O–H groups in total. The van der Waals surface area contributed by atoms with Crippen molar-refractivity contribution in [3.63, 3.8) is 0 Å². The molecule has 0 unspecified atom stereocenters. The van der Waals surface area contributed by atoms with Crippen LogP contribution in [-0.4, -0.2) is 16.7 Å². The normalized spacial score (nSPS) is 11.2. The Kier molecular flexibility index (Phi) is 3.74. The van der Waals surface area contributed by atoms with Crippen LogP contribution in [0.3, 0.4) is 0 Å². The van der Waals surface area contributed by atoms with Crippen molar-refractivity contribution in [3.8, 4) is 5.75 Å². The zero-order chi connectivity index (χ0) is 15.5. The fourth-order valence-electron chi connectivity index (χ4n) is 2.38. The monoisotopic (exact) mass is 292 g/mol. The summed E-state index contributed by atoms with van der Waals surface area (Å²) >= 11 is 0. The molecule has 0 aliphatic carbocycles. The van der Waals surface area contributed by atoms with Crippen LogP contribution in [-0.2, 0) is 7.05 Å². The Bertz CT molecular complexity index is 910. The molecule has 3 rings (SSSR count). The van der Waals surface area contributed by atoms with E-state index in [-0.39, 0.29) is 5.56 Å². The van der Waals surface area contributed by atoms with Gasteiger partial charge in [-0.05, 0) is 30.4 Å². The van der Waals surface area contributed by atoms with Gasteiger partial charge >= 0.3 is 0 Å². The van der Waals surface area contributed by atoms with Crippen molar-refractivity contribution in [1.29, 1.82) is 0 Å². The van der Waals surface area contributed by atoms with Crippen molar-refractivity contribution < 1.29 is 4.74 Å². The van der Waals surface area contributed by atoms with E-state index in [1.807, 2.05) is 54.6 Å². The maximum atomic E-state index is 12.4. The van der Waals surface area contributed by atoms with Crippen LogP contribution in [0.4, 0.5) is 0 Å². The molecule has 0 aliphatic rings.